The summed E-state index contributed by atoms with van der Waals surface area (Å²) in [6.45, 7) is 4.03. The topological polar surface area (TPSA) is 81.9 Å². The minimum atomic E-state index is -0.176. The van der Waals surface area contributed by atoms with Crippen molar-refractivity contribution >= 4 is 28.6 Å². The van der Waals surface area contributed by atoms with Crippen molar-refractivity contribution in [3.8, 4) is 0 Å². The summed E-state index contributed by atoms with van der Waals surface area (Å²) in [5.41, 5.74) is 6.70. The van der Waals surface area contributed by atoms with Gasteiger partial charge in [-0.05, 0) is 56.3 Å². The molecule has 0 amide bonds. The molecule has 0 bridgehead atoms. The van der Waals surface area contributed by atoms with E-state index in [9.17, 15) is 4.79 Å². The molecule has 1 fully saturated rings. The lowest BCUT2D eigenvalue weighted by Crippen LogP contribution is -2.19. The van der Waals surface area contributed by atoms with Gasteiger partial charge in [0, 0.05) is 16.5 Å². The summed E-state index contributed by atoms with van der Waals surface area (Å²) in [6.07, 6.45) is 5.03. The number of aromatic amines is 2. The first-order valence-corrected chi connectivity index (χ1v) is 9.25. The van der Waals surface area contributed by atoms with Gasteiger partial charge in [0.15, 0.2) is 0 Å². The monoisotopic (exact) mass is 346 g/mol. The summed E-state index contributed by atoms with van der Waals surface area (Å²) in [7, 11) is 0. The van der Waals surface area contributed by atoms with Crippen molar-refractivity contribution in [2.75, 3.05) is 0 Å². The van der Waals surface area contributed by atoms with E-state index in [1.54, 1.807) is 11.9 Å². The number of benzene rings is 1. The molecule has 2 aliphatic rings. The van der Waals surface area contributed by atoms with E-state index >= 15 is 0 Å². The Hall–Kier alpha value is -1.70. The second-order valence-corrected chi connectivity index (χ2v) is 7.47. The van der Waals surface area contributed by atoms with Crippen molar-refractivity contribution in [1.82, 2.24) is 20.2 Å². The number of imidazole rings is 1. The molecule has 24 heavy (non-hydrogen) atoms. The highest BCUT2D eigenvalue weighted by molar-refractivity contribution is 7.97. The van der Waals surface area contributed by atoms with Gasteiger partial charge in [0.2, 0.25) is 0 Å². The Morgan fingerprint density at radius 3 is 2.75 bits per heavy atom. The quantitative estimate of drug-likeness (QED) is 0.640. The number of aromatic nitrogens is 2. The molecule has 6 nitrogen and oxygen atoms in total. The van der Waals surface area contributed by atoms with Gasteiger partial charge in [0.25, 0.3) is 0 Å². The fourth-order valence-electron chi connectivity index (χ4n) is 3.59. The van der Waals surface area contributed by atoms with Crippen LogP contribution in [0.5, 0.6) is 0 Å². The molecule has 2 heterocycles. The van der Waals surface area contributed by atoms with E-state index in [4.69, 9.17) is 4.84 Å². The van der Waals surface area contributed by atoms with Gasteiger partial charge >= 0.3 is 5.69 Å². The molecular weight excluding hydrogens is 324 g/mol. The Balaban J connectivity index is 1.73. The number of hydrogen-bond acceptors (Lipinski definition) is 5. The van der Waals surface area contributed by atoms with E-state index in [0.29, 0.717) is 6.04 Å². The standard InChI is InChI=1S/C17H22N4O2S/c1-9-15(10(2)23-20-9)11-7-13-16(19-17(22)18-13)14(8-11)24-21-12-5-3-4-6-12/h7-9,12,20-21H,3-6H2,1-2H3,(H2,18,19,22). The smallest absolute Gasteiger partial charge is 0.323 e. The maximum absolute atomic E-state index is 11.8. The van der Waals surface area contributed by atoms with Crippen molar-refractivity contribution < 1.29 is 4.84 Å². The average molecular weight is 346 g/mol. The molecule has 1 aliphatic carbocycles. The van der Waals surface area contributed by atoms with Crippen LogP contribution in [0.4, 0.5) is 0 Å². The second kappa shape index (κ2) is 6.31. The van der Waals surface area contributed by atoms with E-state index in [-0.39, 0.29) is 11.7 Å². The molecule has 1 atom stereocenters. The molecule has 1 saturated carbocycles. The van der Waals surface area contributed by atoms with Crippen LogP contribution in [0.2, 0.25) is 0 Å². The van der Waals surface area contributed by atoms with E-state index in [0.717, 1.165) is 32.8 Å². The SMILES string of the molecule is CC1=C(c2cc(SNC3CCCC3)c3[nH]c(=O)[nH]c3c2)C(C)NO1. The van der Waals surface area contributed by atoms with Crippen molar-refractivity contribution in [2.45, 2.75) is 56.5 Å². The number of hydrogen-bond donors (Lipinski definition) is 4. The maximum atomic E-state index is 11.8. The Morgan fingerprint density at radius 2 is 2.04 bits per heavy atom. The van der Waals surface area contributed by atoms with E-state index in [2.05, 4.69) is 33.2 Å². The molecule has 1 aromatic carbocycles. The van der Waals surface area contributed by atoms with Gasteiger partial charge in [-0.15, -0.1) is 5.48 Å². The second-order valence-electron chi connectivity index (χ2n) is 6.59. The van der Waals surface area contributed by atoms with Gasteiger partial charge in [-0.1, -0.05) is 12.8 Å². The molecule has 1 aliphatic heterocycles. The van der Waals surface area contributed by atoms with Gasteiger partial charge < -0.3 is 14.8 Å². The first-order chi connectivity index (χ1) is 11.6. The first kappa shape index (κ1) is 15.8. The number of hydroxylamine groups is 1. The molecule has 4 N–H and O–H groups in total. The van der Waals surface area contributed by atoms with Crippen molar-refractivity contribution in [2.24, 2.45) is 0 Å². The maximum Gasteiger partial charge on any atom is 0.323 e. The Labute approximate surface area is 144 Å². The summed E-state index contributed by atoms with van der Waals surface area (Å²) < 4.78 is 3.56. The van der Waals surface area contributed by atoms with Crippen LogP contribution in [0.25, 0.3) is 16.6 Å². The fourth-order valence-corrected chi connectivity index (χ4v) is 4.56. The van der Waals surface area contributed by atoms with Crippen LogP contribution in [0.1, 0.15) is 45.1 Å². The van der Waals surface area contributed by atoms with Crippen molar-refractivity contribution in [3.05, 3.63) is 33.9 Å². The van der Waals surface area contributed by atoms with Gasteiger partial charge in [-0.25, -0.2) is 4.79 Å². The molecule has 128 valence electrons. The predicted molar refractivity (Wildman–Crippen MR) is 96.4 cm³/mol. The molecule has 7 heteroatoms. The van der Waals surface area contributed by atoms with Crippen LogP contribution in [0, 0.1) is 0 Å². The largest absolute Gasteiger partial charge is 0.413 e. The zero-order valence-electron chi connectivity index (χ0n) is 13.9. The van der Waals surface area contributed by atoms with Crippen LogP contribution in [-0.4, -0.2) is 22.1 Å². The Bertz CT molecular complexity index is 848. The molecule has 4 rings (SSSR count). The third-order valence-electron chi connectivity index (χ3n) is 4.79. The van der Waals surface area contributed by atoms with Crippen molar-refractivity contribution in [1.29, 1.82) is 0 Å². The summed E-state index contributed by atoms with van der Waals surface area (Å²) in [5.74, 6) is 0.874. The summed E-state index contributed by atoms with van der Waals surface area (Å²) in [4.78, 5) is 24.1. The Kier molecular flexibility index (Phi) is 4.15. The number of allylic oxidation sites excluding steroid dienone is 1. The number of rotatable bonds is 4. The predicted octanol–water partition coefficient (Wildman–Crippen LogP) is 3.05. The van der Waals surface area contributed by atoms with E-state index < -0.39 is 0 Å². The average Bonchev–Trinajstić information content (AvgIpc) is 3.25. The normalized spacial score (nSPS) is 21.8. The summed E-state index contributed by atoms with van der Waals surface area (Å²) >= 11 is 1.61. The van der Waals surface area contributed by atoms with Gasteiger partial charge in [0.05, 0.1) is 17.1 Å². The minimum absolute atomic E-state index is 0.119. The zero-order chi connectivity index (χ0) is 16.7. The van der Waals surface area contributed by atoms with E-state index in [1.807, 2.05) is 13.0 Å². The van der Waals surface area contributed by atoms with Gasteiger partial charge in [-0.2, -0.15) is 0 Å². The lowest BCUT2D eigenvalue weighted by atomic mass is 9.99. The fraction of sp³-hybridized carbons (Fsp3) is 0.471. The lowest BCUT2D eigenvalue weighted by molar-refractivity contribution is 0.122. The summed E-state index contributed by atoms with van der Waals surface area (Å²) in [5, 5.41) is 0. The van der Waals surface area contributed by atoms with Gasteiger partial charge in [0.1, 0.15) is 5.76 Å². The molecule has 0 spiro atoms. The molecule has 0 saturated heterocycles. The van der Waals surface area contributed by atoms with E-state index in [1.165, 1.54) is 25.7 Å². The third kappa shape index (κ3) is 2.87. The zero-order valence-corrected chi connectivity index (χ0v) is 14.7. The van der Waals surface area contributed by atoms with Crippen LogP contribution >= 0.6 is 11.9 Å². The molecule has 0 radical (unpaired) electrons. The van der Waals surface area contributed by atoms with Crippen LogP contribution in [-0.2, 0) is 4.84 Å². The molecular formula is C17H22N4O2S. The molecule has 1 unspecified atom stereocenters. The van der Waals surface area contributed by atoms with Crippen LogP contribution in [0.3, 0.4) is 0 Å². The number of fused-ring (bicyclic) bond motifs is 1. The van der Waals surface area contributed by atoms with Crippen molar-refractivity contribution in [3.63, 3.8) is 0 Å². The Morgan fingerprint density at radius 1 is 1.25 bits per heavy atom. The lowest BCUT2D eigenvalue weighted by Gasteiger charge is -2.13. The van der Waals surface area contributed by atoms with Crippen LogP contribution in [0.15, 0.2) is 27.6 Å². The first-order valence-electron chi connectivity index (χ1n) is 8.44. The van der Waals surface area contributed by atoms with Gasteiger partial charge in [-0.3, -0.25) is 4.72 Å². The number of H-pyrrole nitrogens is 2. The highest BCUT2D eigenvalue weighted by Gasteiger charge is 2.24. The molecule has 2 aromatic rings. The number of nitrogens with one attached hydrogen (secondary N) is 4. The van der Waals surface area contributed by atoms with Crippen LogP contribution < -0.4 is 15.9 Å². The third-order valence-corrected chi connectivity index (χ3v) is 5.78. The summed E-state index contributed by atoms with van der Waals surface area (Å²) in [6, 6.07) is 4.81. The highest BCUT2D eigenvalue weighted by atomic mass is 32.2. The highest BCUT2D eigenvalue weighted by Crippen LogP contribution is 2.34. The molecule has 1 aromatic heterocycles. The minimum Gasteiger partial charge on any atom is -0.413 e.